The van der Waals surface area contributed by atoms with Crippen molar-refractivity contribution in [1.29, 1.82) is 0 Å². The number of anilines is 1. The first-order valence-corrected chi connectivity index (χ1v) is 11.8. The molecule has 2 aliphatic heterocycles. The molecule has 158 valence electrons. The van der Waals surface area contributed by atoms with E-state index >= 15 is 0 Å². The topological polar surface area (TPSA) is 48.1 Å². The Morgan fingerprint density at radius 1 is 1.13 bits per heavy atom. The highest BCUT2D eigenvalue weighted by molar-refractivity contribution is 6.34. The minimum atomic E-state index is 0.0118. The summed E-state index contributed by atoms with van der Waals surface area (Å²) in [6.07, 6.45) is 12.0. The normalized spacial score (nSPS) is 22.8. The number of fused-ring (bicyclic) bond motifs is 2. The van der Waals surface area contributed by atoms with Crippen LogP contribution in [0.1, 0.15) is 79.4 Å². The Labute approximate surface area is 179 Å². The molecule has 2 N–H and O–H groups in total. The fraction of sp³-hybridized carbons (Fsp3) is 0.500. The van der Waals surface area contributed by atoms with Gasteiger partial charge in [0.2, 0.25) is 0 Å². The smallest absolute Gasteiger partial charge is 0.256 e. The first-order chi connectivity index (χ1) is 14.7. The minimum Gasteiger partial charge on any atom is -0.359 e. The second-order valence-electron chi connectivity index (χ2n) is 9.20. The molecular weight excluding hydrogens is 370 g/mol. The molecule has 0 spiro atoms. The number of amides is 1. The summed E-state index contributed by atoms with van der Waals surface area (Å²) in [4.78, 5) is 18.9. The molecule has 3 heterocycles. The minimum absolute atomic E-state index is 0.0118. The van der Waals surface area contributed by atoms with Gasteiger partial charge in [-0.3, -0.25) is 4.79 Å². The van der Waals surface area contributed by atoms with Gasteiger partial charge in [-0.25, -0.2) is 0 Å². The van der Waals surface area contributed by atoms with Crippen molar-refractivity contribution in [2.24, 2.45) is 0 Å². The van der Waals surface area contributed by atoms with Gasteiger partial charge in [-0.1, -0.05) is 19.4 Å². The van der Waals surface area contributed by atoms with E-state index in [1.807, 2.05) is 0 Å². The first kappa shape index (κ1) is 19.6. The molecule has 1 amide bonds. The second kappa shape index (κ2) is 8.43. The molecule has 0 saturated carbocycles. The van der Waals surface area contributed by atoms with Crippen molar-refractivity contribution in [3.05, 3.63) is 52.3 Å². The summed E-state index contributed by atoms with van der Waals surface area (Å²) in [7, 11) is 0. The maximum atomic E-state index is 12.7. The van der Waals surface area contributed by atoms with Gasteiger partial charge in [-0.15, -0.1) is 0 Å². The molecule has 1 aromatic carbocycles. The Balaban J connectivity index is 1.38. The van der Waals surface area contributed by atoms with E-state index in [2.05, 4.69) is 52.5 Å². The van der Waals surface area contributed by atoms with Crippen LogP contribution in [0, 0.1) is 0 Å². The molecule has 5 rings (SSSR count). The predicted molar refractivity (Wildman–Crippen MR) is 124 cm³/mol. The number of likely N-dealkylation sites (tertiary alicyclic amines) is 1. The number of rotatable bonds is 5. The highest BCUT2D eigenvalue weighted by atomic mass is 16.2. The maximum Gasteiger partial charge on any atom is 0.256 e. The third kappa shape index (κ3) is 3.85. The van der Waals surface area contributed by atoms with Crippen molar-refractivity contribution >= 4 is 23.2 Å². The van der Waals surface area contributed by atoms with Gasteiger partial charge in [0, 0.05) is 29.2 Å². The van der Waals surface area contributed by atoms with E-state index in [0.717, 1.165) is 41.9 Å². The number of aromatic nitrogens is 1. The van der Waals surface area contributed by atoms with Crippen LogP contribution in [0.4, 0.5) is 5.69 Å². The Morgan fingerprint density at radius 2 is 2.00 bits per heavy atom. The van der Waals surface area contributed by atoms with E-state index in [-0.39, 0.29) is 5.91 Å². The molecule has 0 radical (unpaired) electrons. The van der Waals surface area contributed by atoms with Gasteiger partial charge in [-0.05, 0) is 99.4 Å². The van der Waals surface area contributed by atoms with Gasteiger partial charge >= 0.3 is 0 Å². The van der Waals surface area contributed by atoms with Crippen LogP contribution >= 0.6 is 0 Å². The molecule has 4 nitrogen and oxygen atoms in total. The van der Waals surface area contributed by atoms with Crippen LogP contribution in [-0.4, -0.2) is 35.4 Å². The number of benzene rings is 1. The number of piperidine rings is 1. The summed E-state index contributed by atoms with van der Waals surface area (Å²) in [5.41, 5.74) is 8.00. The quantitative estimate of drug-likeness (QED) is 0.660. The molecule has 4 heteroatoms. The van der Waals surface area contributed by atoms with Gasteiger partial charge in [0.05, 0.1) is 5.57 Å². The number of carbonyl (C=O) groups excluding carboxylic acids is 1. The number of carbonyl (C=O) groups is 1. The molecule has 1 unspecified atom stereocenters. The van der Waals surface area contributed by atoms with Crippen molar-refractivity contribution in [2.75, 3.05) is 25.0 Å². The van der Waals surface area contributed by atoms with E-state index in [4.69, 9.17) is 0 Å². The van der Waals surface area contributed by atoms with Gasteiger partial charge in [0.15, 0.2) is 0 Å². The van der Waals surface area contributed by atoms with Gasteiger partial charge in [0.1, 0.15) is 0 Å². The lowest BCUT2D eigenvalue weighted by molar-refractivity contribution is -0.110. The highest BCUT2D eigenvalue weighted by Crippen LogP contribution is 2.37. The summed E-state index contributed by atoms with van der Waals surface area (Å²) in [5.74, 6) is 0.668. The maximum absolute atomic E-state index is 12.7. The Hall–Kier alpha value is -2.33. The van der Waals surface area contributed by atoms with Crippen LogP contribution in [0.15, 0.2) is 24.3 Å². The average Bonchev–Trinajstić information content (AvgIpc) is 3.33. The highest BCUT2D eigenvalue weighted by Gasteiger charge is 2.26. The number of aromatic amines is 1. The Morgan fingerprint density at radius 3 is 2.83 bits per heavy atom. The fourth-order valence-corrected chi connectivity index (χ4v) is 5.45. The average molecular weight is 404 g/mol. The molecule has 1 atom stereocenters. The van der Waals surface area contributed by atoms with E-state index in [1.54, 1.807) is 0 Å². The molecule has 1 aliphatic carbocycles. The Kier molecular flexibility index (Phi) is 5.51. The molecule has 0 bridgehead atoms. The van der Waals surface area contributed by atoms with Crippen molar-refractivity contribution in [2.45, 2.75) is 64.2 Å². The van der Waals surface area contributed by atoms with E-state index in [0.29, 0.717) is 5.92 Å². The summed E-state index contributed by atoms with van der Waals surface area (Å²) in [5, 5.41) is 3.05. The summed E-state index contributed by atoms with van der Waals surface area (Å²) in [6.45, 7) is 5.84. The van der Waals surface area contributed by atoms with E-state index < -0.39 is 0 Å². The predicted octanol–water partition coefficient (Wildman–Crippen LogP) is 5.37. The van der Waals surface area contributed by atoms with Crippen LogP contribution in [0.25, 0.3) is 11.6 Å². The summed E-state index contributed by atoms with van der Waals surface area (Å²) < 4.78 is 0. The second-order valence-corrected chi connectivity index (χ2v) is 9.20. The molecule has 30 heavy (non-hydrogen) atoms. The number of nitrogens with zero attached hydrogens (tertiary/aromatic N) is 1. The lowest BCUT2D eigenvalue weighted by atomic mass is 9.85. The zero-order chi connectivity index (χ0) is 20.5. The fourth-order valence-electron chi connectivity index (χ4n) is 5.45. The molecule has 1 aromatic heterocycles. The summed E-state index contributed by atoms with van der Waals surface area (Å²) in [6, 6.07) is 8.75. The lowest BCUT2D eigenvalue weighted by Gasteiger charge is -2.26. The van der Waals surface area contributed by atoms with Crippen LogP contribution in [0.3, 0.4) is 0 Å². The molecule has 1 fully saturated rings. The molecule has 2 aromatic rings. The third-order valence-electron chi connectivity index (χ3n) is 7.20. The van der Waals surface area contributed by atoms with Crippen molar-refractivity contribution in [1.82, 2.24) is 9.88 Å². The van der Waals surface area contributed by atoms with E-state index in [9.17, 15) is 4.79 Å². The first-order valence-electron chi connectivity index (χ1n) is 11.8. The number of H-pyrrole nitrogens is 1. The largest absolute Gasteiger partial charge is 0.359 e. The number of nitrogens with one attached hydrogen (secondary N) is 2. The monoisotopic (exact) mass is 403 g/mol. The molecular formula is C26H33N3O. The van der Waals surface area contributed by atoms with Crippen LogP contribution in [0.5, 0.6) is 0 Å². The number of hydrogen-bond donors (Lipinski definition) is 2. The van der Waals surface area contributed by atoms with Crippen LogP contribution in [-0.2, 0) is 17.6 Å². The standard InChI is InChI=1S/C26H33N3O/c1-2-19-7-6-8-24-21(19)16-20(27-24)17-23-22-15-18(9-10-25(22)28-26(23)30)11-14-29-12-4-3-5-13-29/h9-10,15-17,19,27H,2-8,11-14H2,1H3,(H,28,30). The van der Waals surface area contributed by atoms with Crippen LogP contribution in [0.2, 0.25) is 0 Å². The SMILES string of the molecule is CCC1CCCc2[nH]c(C=C3C(=O)Nc4ccc(CCN5CCCCC5)cc43)cc21. The van der Waals surface area contributed by atoms with Gasteiger partial charge < -0.3 is 15.2 Å². The third-order valence-corrected chi connectivity index (χ3v) is 7.20. The van der Waals surface area contributed by atoms with Gasteiger partial charge in [-0.2, -0.15) is 0 Å². The zero-order valence-electron chi connectivity index (χ0n) is 18.1. The number of aryl methyl sites for hydroxylation is 1. The van der Waals surface area contributed by atoms with E-state index in [1.165, 1.54) is 68.4 Å². The van der Waals surface area contributed by atoms with Gasteiger partial charge in [0.25, 0.3) is 5.91 Å². The Bertz CT molecular complexity index is 965. The van der Waals surface area contributed by atoms with Crippen molar-refractivity contribution < 1.29 is 4.79 Å². The molecule has 1 saturated heterocycles. The van der Waals surface area contributed by atoms with Crippen LogP contribution < -0.4 is 5.32 Å². The number of hydrogen-bond acceptors (Lipinski definition) is 2. The lowest BCUT2D eigenvalue weighted by Crippen LogP contribution is -2.31. The van der Waals surface area contributed by atoms with Crippen molar-refractivity contribution in [3.63, 3.8) is 0 Å². The van der Waals surface area contributed by atoms with Crippen molar-refractivity contribution in [3.8, 4) is 0 Å². The molecule has 3 aliphatic rings. The zero-order valence-corrected chi connectivity index (χ0v) is 18.1. The summed E-state index contributed by atoms with van der Waals surface area (Å²) >= 11 is 0.